The van der Waals surface area contributed by atoms with Crippen molar-refractivity contribution in [2.75, 3.05) is 0 Å². The standard InChI is InChI=1S/C13H6Cl2F3NO2/c14-9-3-6(1-2-8(9)12(20)21)11-10(15)4-7(5-19-11)13(16,17)18/h1-5H,(H,20,21). The molecule has 1 aromatic heterocycles. The molecule has 0 atom stereocenters. The minimum absolute atomic E-state index is 0.0576. The lowest BCUT2D eigenvalue weighted by Gasteiger charge is -2.10. The number of carboxylic acid groups (broad SMARTS) is 1. The van der Waals surface area contributed by atoms with Gasteiger partial charge >= 0.3 is 12.1 Å². The van der Waals surface area contributed by atoms with Crippen LogP contribution >= 0.6 is 23.2 Å². The second kappa shape index (κ2) is 5.54. The van der Waals surface area contributed by atoms with Gasteiger partial charge in [-0.15, -0.1) is 0 Å². The molecule has 0 bridgehead atoms. The number of nitrogens with zero attached hydrogens (tertiary/aromatic N) is 1. The molecule has 2 rings (SSSR count). The van der Waals surface area contributed by atoms with E-state index in [-0.39, 0.29) is 21.3 Å². The van der Waals surface area contributed by atoms with Crippen LogP contribution < -0.4 is 0 Å². The molecule has 3 nitrogen and oxygen atoms in total. The predicted octanol–water partition coefficient (Wildman–Crippen LogP) is 4.77. The number of pyridine rings is 1. The van der Waals surface area contributed by atoms with E-state index in [1.165, 1.54) is 18.2 Å². The summed E-state index contributed by atoms with van der Waals surface area (Å²) in [6.45, 7) is 0. The van der Waals surface area contributed by atoms with E-state index in [0.29, 0.717) is 11.8 Å². The van der Waals surface area contributed by atoms with E-state index in [4.69, 9.17) is 28.3 Å². The molecular weight excluding hydrogens is 330 g/mol. The molecule has 0 aliphatic carbocycles. The number of halogens is 5. The Bertz CT molecular complexity index is 717. The number of aromatic nitrogens is 1. The molecule has 110 valence electrons. The van der Waals surface area contributed by atoms with E-state index in [9.17, 15) is 18.0 Å². The number of alkyl halides is 3. The number of hydrogen-bond donors (Lipinski definition) is 1. The fourth-order valence-electron chi connectivity index (χ4n) is 1.64. The number of hydrogen-bond acceptors (Lipinski definition) is 2. The summed E-state index contributed by atoms with van der Waals surface area (Å²) in [5.74, 6) is -1.21. The molecule has 0 fully saturated rings. The average molecular weight is 336 g/mol. The molecule has 21 heavy (non-hydrogen) atoms. The van der Waals surface area contributed by atoms with Gasteiger partial charge in [0.05, 0.1) is 26.9 Å². The second-order valence-corrected chi connectivity index (χ2v) is 4.87. The maximum atomic E-state index is 12.5. The topological polar surface area (TPSA) is 50.2 Å². The molecule has 1 aromatic carbocycles. The van der Waals surface area contributed by atoms with Gasteiger partial charge in [0.1, 0.15) is 0 Å². The van der Waals surface area contributed by atoms with Crippen molar-refractivity contribution in [2.24, 2.45) is 0 Å². The lowest BCUT2D eigenvalue weighted by Crippen LogP contribution is -2.06. The van der Waals surface area contributed by atoms with Crippen LogP contribution in [0.5, 0.6) is 0 Å². The maximum Gasteiger partial charge on any atom is 0.417 e. The van der Waals surface area contributed by atoms with Crippen LogP contribution in [0.15, 0.2) is 30.5 Å². The van der Waals surface area contributed by atoms with Crippen LogP contribution in [0.4, 0.5) is 13.2 Å². The zero-order valence-corrected chi connectivity index (χ0v) is 11.6. The van der Waals surface area contributed by atoms with Gasteiger partial charge in [0.2, 0.25) is 0 Å². The minimum Gasteiger partial charge on any atom is -0.478 e. The Kier molecular flexibility index (Phi) is 4.11. The van der Waals surface area contributed by atoms with Gasteiger partial charge in [0.25, 0.3) is 0 Å². The third kappa shape index (κ3) is 3.28. The lowest BCUT2D eigenvalue weighted by atomic mass is 10.1. The maximum absolute atomic E-state index is 12.5. The largest absolute Gasteiger partial charge is 0.478 e. The summed E-state index contributed by atoms with van der Waals surface area (Å²) in [6.07, 6.45) is -3.89. The average Bonchev–Trinajstić information content (AvgIpc) is 2.36. The first-order valence-corrected chi connectivity index (χ1v) is 6.21. The Morgan fingerprint density at radius 3 is 2.29 bits per heavy atom. The minimum atomic E-state index is -4.54. The van der Waals surface area contributed by atoms with Gasteiger partial charge in [-0.3, -0.25) is 4.98 Å². The van der Waals surface area contributed by atoms with Crippen molar-refractivity contribution in [3.8, 4) is 11.3 Å². The van der Waals surface area contributed by atoms with Crippen LogP contribution in [-0.2, 0) is 6.18 Å². The van der Waals surface area contributed by atoms with Crippen LogP contribution in [0.1, 0.15) is 15.9 Å². The number of rotatable bonds is 2. The van der Waals surface area contributed by atoms with Gasteiger partial charge in [0.15, 0.2) is 0 Å². The summed E-state index contributed by atoms with van der Waals surface area (Å²) >= 11 is 11.6. The summed E-state index contributed by atoms with van der Waals surface area (Å²) in [7, 11) is 0. The third-order valence-electron chi connectivity index (χ3n) is 2.64. The molecule has 0 saturated carbocycles. The molecule has 0 saturated heterocycles. The van der Waals surface area contributed by atoms with Gasteiger partial charge in [-0.05, 0) is 18.2 Å². The summed E-state index contributed by atoms with van der Waals surface area (Å²) in [6, 6.07) is 4.64. The van der Waals surface area contributed by atoms with Gasteiger partial charge in [-0.2, -0.15) is 13.2 Å². The highest BCUT2D eigenvalue weighted by molar-refractivity contribution is 6.34. The molecular formula is C13H6Cl2F3NO2. The predicted molar refractivity (Wildman–Crippen MR) is 71.7 cm³/mol. The zero-order chi connectivity index (χ0) is 15.8. The molecule has 0 unspecified atom stereocenters. The van der Waals surface area contributed by atoms with Crippen molar-refractivity contribution in [2.45, 2.75) is 6.18 Å². The normalized spacial score (nSPS) is 11.5. The number of carbonyl (C=O) groups is 1. The molecule has 0 aliphatic heterocycles. The van der Waals surface area contributed by atoms with E-state index in [1.54, 1.807) is 0 Å². The van der Waals surface area contributed by atoms with Crippen molar-refractivity contribution in [3.63, 3.8) is 0 Å². The first kappa shape index (κ1) is 15.6. The highest BCUT2D eigenvalue weighted by atomic mass is 35.5. The number of benzene rings is 1. The molecule has 1 N–H and O–H groups in total. The van der Waals surface area contributed by atoms with Crippen molar-refractivity contribution in [1.29, 1.82) is 0 Å². The Hall–Kier alpha value is -1.79. The highest BCUT2D eigenvalue weighted by Crippen LogP contribution is 2.34. The van der Waals surface area contributed by atoms with Crippen LogP contribution in [0.2, 0.25) is 10.0 Å². The number of aromatic carboxylic acids is 1. The van der Waals surface area contributed by atoms with Gasteiger partial charge in [-0.1, -0.05) is 29.3 Å². The summed E-state index contributed by atoms with van der Waals surface area (Å²) in [5.41, 5.74) is -0.680. The van der Waals surface area contributed by atoms with Crippen molar-refractivity contribution >= 4 is 29.2 Å². The molecule has 2 aromatic rings. The summed E-state index contributed by atoms with van der Waals surface area (Å²) in [5, 5.41) is 8.59. The number of carboxylic acids is 1. The highest BCUT2D eigenvalue weighted by Gasteiger charge is 2.31. The molecule has 8 heteroatoms. The monoisotopic (exact) mass is 335 g/mol. The van der Waals surface area contributed by atoms with Crippen LogP contribution in [0, 0.1) is 0 Å². The smallest absolute Gasteiger partial charge is 0.417 e. The lowest BCUT2D eigenvalue weighted by molar-refractivity contribution is -0.137. The van der Waals surface area contributed by atoms with Crippen LogP contribution in [0.3, 0.4) is 0 Å². The summed E-state index contributed by atoms with van der Waals surface area (Å²) in [4.78, 5) is 14.5. The zero-order valence-electron chi connectivity index (χ0n) is 10.1. The van der Waals surface area contributed by atoms with E-state index in [1.807, 2.05) is 0 Å². The quantitative estimate of drug-likeness (QED) is 0.859. The Balaban J connectivity index is 2.48. The molecule has 0 aliphatic rings. The van der Waals surface area contributed by atoms with E-state index >= 15 is 0 Å². The van der Waals surface area contributed by atoms with Crippen molar-refractivity contribution in [3.05, 3.63) is 51.6 Å². The van der Waals surface area contributed by atoms with E-state index < -0.39 is 17.7 Å². The Morgan fingerprint density at radius 1 is 1.14 bits per heavy atom. The van der Waals surface area contributed by atoms with E-state index in [0.717, 1.165) is 6.07 Å². The van der Waals surface area contributed by atoms with E-state index in [2.05, 4.69) is 4.98 Å². The van der Waals surface area contributed by atoms with Crippen LogP contribution in [-0.4, -0.2) is 16.1 Å². The molecule has 0 radical (unpaired) electrons. The summed E-state index contributed by atoms with van der Waals surface area (Å²) < 4.78 is 37.6. The fraction of sp³-hybridized carbons (Fsp3) is 0.0769. The van der Waals surface area contributed by atoms with Crippen molar-refractivity contribution in [1.82, 2.24) is 4.98 Å². The van der Waals surface area contributed by atoms with Gasteiger partial charge in [-0.25, -0.2) is 4.79 Å². The Labute approximate surface area is 126 Å². The third-order valence-corrected chi connectivity index (χ3v) is 3.24. The van der Waals surface area contributed by atoms with Gasteiger partial charge < -0.3 is 5.11 Å². The molecule has 0 spiro atoms. The second-order valence-electron chi connectivity index (χ2n) is 4.05. The van der Waals surface area contributed by atoms with Crippen molar-refractivity contribution < 1.29 is 23.1 Å². The van der Waals surface area contributed by atoms with Gasteiger partial charge in [0, 0.05) is 11.8 Å². The first-order valence-electron chi connectivity index (χ1n) is 5.46. The fourth-order valence-corrected chi connectivity index (χ4v) is 2.18. The first-order chi connectivity index (χ1) is 9.70. The van der Waals surface area contributed by atoms with Crippen LogP contribution in [0.25, 0.3) is 11.3 Å². The molecule has 0 amide bonds. The SMILES string of the molecule is O=C(O)c1ccc(-c2ncc(C(F)(F)F)cc2Cl)cc1Cl. The molecule has 1 heterocycles. The Morgan fingerprint density at radius 2 is 1.81 bits per heavy atom.